The van der Waals surface area contributed by atoms with Gasteiger partial charge in [0.2, 0.25) is 0 Å². The number of rotatable bonds is 4. The SMILES string of the molecule is CCOC(=O)C(=O)C1SCc2cc(OC)c(Br)cc2C1=O. The van der Waals surface area contributed by atoms with Gasteiger partial charge in [0.15, 0.2) is 5.78 Å². The summed E-state index contributed by atoms with van der Waals surface area (Å²) in [6.45, 7) is 1.72. The number of hydrogen-bond acceptors (Lipinski definition) is 6. The Morgan fingerprint density at radius 1 is 1.43 bits per heavy atom. The minimum Gasteiger partial charge on any atom is -0.496 e. The largest absolute Gasteiger partial charge is 0.496 e. The van der Waals surface area contributed by atoms with E-state index in [-0.39, 0.29) is 12.4 Å². The minimum absolute atomic E-state index is 0.107. The second-order valence-electron chi connectivity index (χ2n) is 4.28. The van der Waals surface area contributed by atoms with Crippen molar-refractivity contribution in [1.82, 2.24) is 0 Å². The quantitative estimate of drug-likeness (QED) is 0.459. The summed E-state index contributed by atoms with van der Waals surface area (Å²) in [7, 11) is 1.54. The second kappa shape index (κ2) is 6.62. The van der Waals surface area contributed by atoms with Crippen LogP contribution < -0.4 is 4.74 Å². The summed E-state index contributed by atoms with van der Waals surface area (Å²) in [5, 5.41) is -1.03. The zero-order chi connectivity index (χ0) is 15.6. The van der Waals surface area contributed by atoms with Gasteiger partial charge in [0, 0.05) is 11.3 Å². The summed E-state index contributed by atoms with van der Waals surface area (Å²) in [4.78, 5) is 35.9. The molecule has 1 aromatic rings. The molecule has 112 valence electrons. The monoisotopic (exact) mass is 372 g/mol. The van der Waals surface area contributed by atoms with Gasteiger partial charge in [-0.3, -0.25) is 9.59 Å². The van der Waals surface area contributed by atoms with Gasteiger partial charge in [-0.05, 0) is 40.5 Å². The summed E-state index contributed by atoms with van der Waals surface area (Å²) >= 11 is 4.44. The van der Waals surface area contributed by atoms with Crippen molar-refractivity contribution < 1.29 is 23.9 Å². The Morgan fingerprint density at radius 3 is 2.76 bits per heavy atom. The third-order valence-corrected chi connectivity index (χ3v) is 4.86. The van der Waals surface area contributed by atoms with Crippen molar-refractivity contribution in [1.29, 1.82) is 0 Å². The number of methoxy groups -OCH3 is 1. The maximum atomic E-state index is 12.4. The molecule has 0 radical (unpaired) electrons. The van der Waals surface area contributed by atoms with E-state index in [1.165, 1.54) is 7.11 Å². The van der Waals surface area contributed by atoms with Crippen LogP contribution in [0.3, 0.4) is 0 Å². The number of hydrogen-bond donors (Lipinski definition) is 0. The van der Waals surface area contributed by atoms with E-state index in [2.05, 4.69) is 20.7 Å². The highest BCUT2D eigenvalue weighted by molar-refractivity contribution is 9.10. The average Bonchev–Trinajstić information content (AvgIpc) is 2.47. The number of Topliss-reactive ketones (excluding diaryl/α,β-unsaturated/α-hetero) is 2. The summed E-state index contributed by atoms with van der Waals surface area (Å²) in [6.07, 6.45) is 0. The molecule has 1 aliphatic rings. The lowest BCUT2D eigenvalue weighted by atomic mass is 9.99. The molecule has 1 atom stereocenters. The number of carbonyl (C=O) groups excluding carboxylic acids is 3. The van der Waals surface area contributed by atoms with Crippen LogP contribution in [-0.2, 0) is 20.1 Å². The van der Waals surface area contributed by atoms with Crippen molar-refractivity contribution >= 4 is 45.2 Å². The van der Waals surface area contributed by atoms with Crippen molar-refractivity contribution in [2.45, 2.75) is 17.9 Å². The molecule has 5 nitrogen and oxygen atoms in total. The lowest BCUT2D eigenvalue weighted by Crippen LogP contribution is -2.36. The number of fused-ring (bicyclic) bond motifs is 1. The van der Waals surface area contributed by atoms with Crippen LogP contribution in [0, 0.1) is 0 Å². The fraction of sp³-hybridized carbons (Fsp3) is 0.357. The summed E-state index contributed by atoms with van der Waals surface area (Å²) in [6, 6.07) is 3.39. The number of carbonyl (C=O) groups is 3. The molecule has 1 aromatic carbocycles. The van der Waals surface area contributed by atoms with Crippen molar-refractivity contribution in [3.63, 3.8) is 0 Å². The van der Waals surface area contributed by atoms with E-state index < -0.39 is 17.0 Å². The van der Waals surface area contributed by atoms with Gasteiger partial charge in [-0.25, -0.2) is 4.79 Å². The van der Waals surface area contributed by atoms with Crippen molar-refractivity contribution in [2.75, 3.05) is 13.7 Å². The highest BCUT2D eigenvalue weighted by atomic mass is 79.9. The number of ketones is 2. The molecule has 0 N–H and O–H groups in total. The third-order valence-electron chi connectivity index (χ3n) is 3.00. The second-order valence-corrected chi connectivity index (χ2v) is 6.23. The molecular formula is C14H13BrO5S. The first-order chi connectivity index (χ1) is 9.99. The Morgan fingerprint density at radius 2 is 2.14 bits per heavy atom. The van der Waals surface area contributed by atoms with E-state index in [1.54, 1.807) is 19.1 Å². The Balaban J connectivity index is 2.30. The molecule has 0 fully saturated rings. The first kappa shape index (κ1) is 16.0. The molecule has 0 saturated carbocycles. The standard InChI is InChI=1S/C14H13BrO5S/c1-3-20-14(18)12(17)13-11(16)8-5-9(15)10(19-2)4-7(8)6-21-13/h4-5,13H,3,6H2,1-2H3. The van der Waals surface area contributed by atoms with Gasteiger partial charge in [-0.15, -0.1) is 11.8 Å². The van der Waals surface area contributed by atoms with Crippen LogP contribution >= 0.6 is 27.7 Å². The highest BCUT2D eigenvalue weighted by Gasteiger charge is 2.38. The first-order valence-electron chi connectivity index (χ1n) is 6.22. The molecule has 0 aromatic heterocycles. The Bertz CT molecular complexity index is 614. The molecule has 0 bridgehead atoms. The zero-order valence-electron chi connectivity index (χ0n) is 11.5. The normalized spacial score (nSPS) is 17.1. The van der Waals surface area contributed by atoms with E-state index in [0.29, 0.717) is 21.5 Å². The molecule has 0 saturated heterocycles. The molecule has 21 heavy (non-hydrogen) atoms. The van der Waals surface area contributed by atoms with E-state index in [0.717, 1.165) is 17.3 Å². The van der Waals surface area contributed by atoms with Crippen LogP contribution in [0.25, 0.3) is 0 Å². The molecule has 0 spiro atoms. The van der Waals surface area contributed by atoms with Gasteiger partial charge >= 0.3 is 5.97 Å². The zero-order valence-corrected chi connectivity index (χ0v) is 13.9. The van der Waals surface area contributed by atoms with Crippen LogP contribution in [0.4, 0.5) is 0 Å². The Hall–Kier alpha value is -1.34. The maximum absolute atomic E-state index is 12.4. The minimum atomic E-state index is -1.03. The van der Waals surface area contributed by atoms with E-state index in [1.807, 2.05) is 0 Å². The van der Waals surface area contributed by atoms with Crippen molar-refractivity contribution in [3.8, 4) is 5.75 Å². The highest BCUT2D eigenvalue weighted by Crippen LogP contribution is 2.36. The van der Waals surface area contributed by atoms with Gasteiger partial charge in [0.1, 0.15) is 11.0 Å². The van der Waals surface area contributed by atoms with Crippen LogP contribution in [0.1, 0.15) is 22.8 Å². The van der Waals surface area contributed by atoms with Crippen LogP contribution in [0.15, 0.2) is 16.6 Å². The smallest absolute Gasteiger partial charge is 0.376 e. The van der Waals surface area contributed by atoms with Gasteiger partial charge in [0.25, 0.3) is 5.78 Å². The fourth-order valence-corrected chi connectivity index (χ4v) is 3.61. The van der Waals surface area contributed by atoms with Crippen molar-refractivity contribution in [3.05, 3.63) is 27.7 Å². The maximum Gasteiger partial charge on any atom is 0.376 e. The van der Waals surface area contributed by atoms with Gasteiger partial charge in [0.05, 0.1) is 18.2 Å². The van der Waals surface area contributed by atoms with Gasteiger partial charge < -0.3 is 9.47 Å². The third kappa shape index (κ3) is 3.13. The lowest BCUT2D eigenvalue weighted by molar-refractivity contribution is -0.152. The summed E-state index contributed by atoms with van der Waals surface area (Å²) in [5.41, 5.74) is 1.22. The lowest BCUT2D eigenvalue weighted by Gasteiger charge is -2.22. The van der Waals surface area contributed by atoms with E-state index in [4.69, 9.17) is 4.74 Å². The van der Waals surface area contributed by atoms with E-state index >= 15 is 0 Å². The number of benzene rings is 1. The number of halogens is 1. The van der Waals surface area contributed by atoms with Gasteiger partial charge in [-0.2, -0.15) is 0 Å². The fourth-order valence-electron chi connectivity index (χ4n) is 1.99. The topological polar surface area (TPSA) is 69.7 Å². The first-order valence-corrected chi connectivity index (χ1v) is 8.07. The Kier molecular flexibility index (Phi) is 5.05. The summed E-state index contributed by atoms with van der Waals surface area (Å²) in [5.74, 6) is -1.05. The molecule has 0 aliphatic carbocycles. The predicted octanol–water partition coefficient (Wildman–Crippen LogP) is 2.39. The average molecular weight is 373 g/mol. The number of thioether (sulfide) groups is 1. The molecule has 1 aliphatic heterocycles. The Labute approximate surface area is 134 Å². The van der Waals surface area contributed by atoms with Crippen LogP contribution in [0.2, 0.25) is 0 Å². The molecule has 7 heteroatoms. The molecule has 1 unspecified atom stereocenters. The van der Waals surface area contributed by atoms with Crippen LogP contribution in [0.5, 0.6) is 5.75 Å². The predicted molar refractivity (Wildman–Crippen MR) is 81.7 cm³/mol. The van der Waals surface area contributed by atoms with Crippen molar-refractivity contribution in [2.24, 2.45) is 0 Å². The number of esters is 1. The molecule has 0 amide bonds. The van der Waals surface area contributed by atoms with E-state index in [9.17, 15) is 14.4 Å². The molecule has 2 rings (SSSR count). The van der Waals surface area contributed by atoms with Gasteiger partial charge in [-0.1, -0.05) is 0 Å². The molecule has 1 heterocycles. The number of ether oxygens (including phenoxy) is 2. The molecular weight excluding hydrogens is 360 g/mol. The summed E-state index contributed by atoms with van der Waals surface area (Å²) < 4.78 is 10.5. The van der Waals surface area contributed by atoms with Crippen LogP contribution in [-0.4, -0.2) is 36.5 Å².